The Morgan fingerprint density at radius 2 is 1.79 bits per heavy atom. The van der Waals surface area contributed by atoms with E-state index in [0.717, 1.165) is 11.8 Å². The van der Waals surface area contributed by atoms with Crippen molar-refractivity contribution in [3.05, 3.63) is 34.9 Å². The number of sulfonamides is 1. The molecule has 0 bridgehead atoms. The summed E-state index contributed by atoms with van der Waals surface area (Å²) in [5.41, 5.74) is 0.577. The van der Waals surface area contributed by atoms with Crippen LogP contribution in [0.4, 0.5) is 0 Å². The van der Waals surface area contributed by atoms with Crippen molar-refractivity contribution in [3.63, 3.8) is 0 Å². The lowest BCUT2D eigenvalue weighted by Gasteiger charge is -2.27. The summed E-state index contributed by atoms with van der Waals surface area (Å²) < 4.78 is 25.1. The van der Waals surface area contributed by atoms with Gasteiger partial charge in [-0.1, -0.05) is 23.7 Å². The molecule has 1 rings (SSSR count). The maximum absolute atomic E-state index is 11.2. The van der Waals surface area contributed by atoms with Crippen molar-refractivity contribution in [3.8, 4) is 0 Å². The van der Waals surface area contributed by atoms with Gasteiger partial charge in [-0.05, 0) is 38.5 Å². The summed E-state index contributed by atoms with van der Waals surface area (Å²) >= 11 is 5.84. The highest BCUT2D eigenvalue weighted by Crippen LogP contribution is 2.16. The zero-order valence-electron chi connectivity index (χ0n) is 11.7. The van der Waals surface area contributed by atoms with E-state index in [9.17, 15) is 8.42 Å². The van der Waals surface area contributed by atoms with E-state index in [-0.39, 0.29) is 6.04 Å². The van der Waals surface area contributed by atoms with Crippen molar-refractivity contribution < 1.29 is 8.42 Å². The third-order valence-electron chi connectivity index (χ3n) is 2.68. The summed E-state index contributed by atoms with van der Waals surface area (Å²) in [6, 6.07) is 7.72. The maximum Gasteiger partial charge on any atom is 0.209 e. The van der Waals surface area contributed by atoms with Crippen LogP contribution in [0.1, 0.15) is 32.4 Å². The van der Waals surface area contributed by atoms with Gasteiger partial charge in [0.05, 0.1) is 6.26 Å². The fraction of sp³-hybridized carbons (Fsp3) is 0.538. The second-order valence-corrected chi connectivity index (χ2v) is 7.60. The van der Waals surface area contributed by atoms with Gasteiger partial charge in [-0.15, -0.1) is 0 Å². The number of benzene rings is 1. The average molecular weight is 305 g/mol. The first-order chi connectivity index (χ1) is 8.59. The fourth-order valence-electron chi connectivity index (χ4n) is 1.82. The second kappa shape index (κ2) is 6.22. The molecule has 6 heteroatoms. The molecule has 1 aromatic rings. The summed E-state index contributed by atoms with van der Waals surface area (Å²) in [7, 11) is -3.21. The third-order valence-corrected chi connectivity index (χ3v) is 3.86. The van der Waals surface area contributed by atoms with Crippen LogP contribution >= 0.6 is 11.6 Å². The molecular weight excluding hydrogens is 284 g/mol. The standard InChI is InChI=1S/C13H21ClN2O2S/c1-10(11-5-7-12(14)8-6-11)15-9-13(2,3)16-19(4,17)18/h5-8,10,15-16H,9H2,1-4H3. The van der Waals surface area contributed by atoms with Crippen molar-refractivity contribution in [2.75, 3.05) is 12.8 Å². The first-order valence-corrected chi connectivity index (χ1v) is 8.34. The van der Waals surface area contributed by atoms with E-state index in [1.165, 1.54) is 0 Å². The fourth-order valence-corrected chi connectivity index (χ4v) is 3.02. The van der Waals surface area contributed by atoms with Crippen molar-refractivity contribution in [2.45, 2.75) is 32.4 Å². The molecule has 19 heavy (non-hydrogen) atoms. The van der Waals surface area contributed by atoms with Gasteiger partial charge < -0.3 is 5.32 Å². The molecule has 4 nitrogen and oxygen atoms in total. The van der Waals surface area contributed by atoms with E-state index < -0.39 is 15.6 Å². The van der Waals surface area contributed by atoms with Gasteiger partial charge in [0.25, 0.3) is 0 Å². The molecule has 0 aromatic heterocycles. The van der Waals surface area contributed by atoms with Crippen molar-refractivity contribution >= 4 is 21.6 Å². The zero-order chi connectivity index (χ0) is 14.7. The molecular formula is C13H21ClN2O2S. The lowest BCUT2D eigenvalue weighted by Crippen LogP contribution is -2.50. The number of rotatable bonds is 6. The molecule has 0 saturated carbocycles. The molecule has 0 aliphatic carbocycles. The number of hydrogen-bond donors (Lipinski definition) is 2. The van der Waals surface area contributed by atoms with E-state index in [1.54, 1.807) is 0 Å². The predicted octanol–water partition coefficient (Wildman–Crippen LogP) is 2.32. The Bertz CT molecular complexity index is 512. The minimum Gasteiger partial charge on any atom is -0.308 e. The highest BCUT2D eigenvalue weighted by Gasteiger charge is 2.22. The summed E-state index contributed by atoms with van der Waals surface area (Å²) in [4.78, 5) is 0. The average Bonchev–Trinajstić information content (AvgIpc) is 2.24. The van der Waals surface area contributed by atoms with Gasteiger partial charge in [-0.2, -0.15) is 0 Å². The van der Waals surface area contributed by atoms with Crippen molar-refractivity contribution in [2.24, 2.45) is 0 Å². The van der Waals surface area contributed by atoms with Gasteiger partial charge in [0.2, 0.25) is 10.0 Å². The Kier molecular flexibility index (Phi) is 5.38. The van der Waals surface area contributed by atoms with Gasteiger partial charge in [0.15, 0.2) is 0 Å². The van der Waals surface area contributed by atoms with Gasteiger partial charge >= 0.3 is 0 Å². The highest BCUT2D eigenvalue weighted by atomic mass is 35.5. The van der Waals surface area contributed by atoms with Crippen molar-refractivity contribution in [1.29, 1.82) is 0 Å². The normalized spacial score (nSPS) is 14.4. The Balaban J connectivity index is 2.58. The van der Waals surface area contributed by atoms with E-state index in [4.69, 9.17) is 11.6 Å². The smallest absolute Gasteiger partial charge is 0.209 e. The lowest BCUT2D eigenvalue weighted by molar-refractivity contribution is 0.399. The first kappa shape index (κ1) is 16.4. The Morgan fingerprint density at radius 3 is 2.26 bits per heavy atom. The van der Waals surface area contributed by atoms with Gasteiger partial charge in [0, 0.05) is 23.1 Å². The molecule has 0 aliphatic rings. The molecule has 0 amide bonds. The van der Waals surface area contributed by atoms with Crippen LogP contribution < -0.4 is 10.0 Å². The van der Waals surface area contributed by atoms with Crippen LogP contribution in [-0.4, -0.2) is 26.8 Å². The second-order valence-electron chi connectivity index (χ2n) is 5.41. The number of nitrogens with one attached hydrogen (secondary N) is 2. The van der Waals surface area contributed by atoms with Crippen LogP contribution in [-0.2, 0) is 10.0 Å². The molecule has 0 spiro atoms. The van der Waals surface area contributed by atoms with Crippen LogP contribution in [0, 0.1) is 0 Å². The summed E-state index contributed by atoms with van der Waals surface area (Å²) in [5, 5.41) is 4.01. The molecule has 1 unspecified atom stereocenters. The highest BCUT2D eigenvalue weighted by molar-refractivity contribution is 7.88. The van der Waals surface area contributed by atoms with E-state index in [2.05, 4.69) is 10.0 Å². The Labute approximate surface area is 120 Å². The molecule has 0 aliphatic heterocycles. The van der Waals surface area contributed by atoms with Crippen LogP contribution in [0.2, 0.25) is 5.02 Å². The van der Waals surface area contributed by atoms with E-state index in [0.29, 0.717) is 11.6 Å². The summed E-state index contributed by atoms with van der Waals surface area (Å²) in [5.74, 6) is 0. The first-order valence-electron chi connectivity index (χ1n) is 6.07. The largest absolute Gasteiger partial charge is 0.308 e. The SMILES string of the molecule is CC(NCC(C)(C)NS(C)(=O)=O)c1ccc(Cl)cc1. The van der Waals surface area contributed by atoms with Crippen LogP contribution in [0.25, 0.3) is 0 Å². The van der Waals surface area contributed by atoms with Crippen LogP contribution in [0.15, 0.2) is 24.3 Å². The minimum absolute atomic E-state index is 0.123. The van der Waals surface area contributed by atoms with Crippen LogP contribution in [0.5, 0.6) is 0 Å². The quantitative estimate of drug-likeness (QED) is 0.848. The Hall–Kier alpha value is -0.620. The van der Waals surface area contributed by atoms with Gasteiger partial charge in [0.1, 0.15) is 0 Å². The van der Waals surface area contributed by atoms with Crippen LogP contribution in [0.3, 0.4) is 0 Å². The molecule has 1 aromatic carbocycles. The number of halogens is 1. The monoisotopic (exact) mass is 304 g/mol. The minimum atomic E-state index is -3.21. The third kappa shape index (κ3) is 6.38. The molecule has 108 valence electrons. The molecule has 0 saturated heterocycles. The van der Waals surface area contributed by atoms with E-state index >= 15 is 0 Å². The predicted molar refractivity (Wildman–Crippen MR) is 79.9 cm³/mol. The van der Waals surface area contributed by atoms with E-state index in [1.807, 2.05) is 45.0 Å². The molecule has 0 fully saturated rings. The lowest BCUT2D eigenvalue weighted by atomic mass is 10.0. The van der Waals surface area contributed by atoms with Gasteiger partial charge in [-0.3, -0.25) is 0 Å². The summed E-state index contributed by atoms with van der Waals surface area (Å²) in [6.07, 6.45) is 1.16. The zero-order valence-corrected chi connectivity index (χ0v) is 13.3. The maximum atomic E-state index is 11.2. The molecule has 0 heterocycles. The number of hydrogen-bond acceptors (Lipinski definition) is 3. The molecule has 1 atom stereocenters. The van der Waals surface area contributed by atoms with Gasteiger partial charge in [-0.25, -0.2) is 13.1 Å². The Morgan fingerprint density at radius 1 is 1.26 bits per heavy atom. The molecule has 0 radical (unpaired) electrons. The molecule has 2 N–H and O–H groups in total. The topological polar surface area (TPSA) is 58.2 Å². The summed E-state index contributed by atoms with van der Waals surface area (Å²) in [6.45, 7) is 6.24. The van der Waals surface area contributed by atoms with Crippen molar-refractivity contribution in [1.82, 2.24) is 10.0 Å².